The van der Waals surface area contributed by atoms with Crippen LogP contribution in [0.3, 0.4) is 0 Å². The van der Waals surface area contributed by atoms with Crippen molar-refractivity contribution in [3.05, 3.63) is 35.4 Å². The molecule has 1 aromatic carbocycles. The predicted molar refractivity (Wildman–Crippen MR) is 82.4 cm³/mol. The molecule has 26 heavy (non-hydrogen) atoms. The highest BCUT2D eigenvalue weighted by atomic mass is 16.6. The molecule has 1 aliphatic carbocycles. The van der Waals surface area contributed by atoms with E-state index in [1.54, 1.807) is 24.3 Å². The molecule has 2 rings (SSSR count). The van der Waals surface area contributed by atoms with E-state index in [1.165, 1.54) is 11.0 Å². The van der Waals surface area contributed by atoms with Crippen LogP contribution in [0.5, 0.6) is 0 Å². The second kappa shape index (κ2) is 8.92. The summed E-state index contributed by atoms with van der Waals surface area (Å²) in [5.41, 5.74) is 4.19. The first-order valence-electron chi connectivity index (χ1n) is 7.80. The van der Waals surface area contributed by atoms with Crippen LogP contribution in [0.2, 0.25) is 0 Å². The molecule has 0 bridgehead atoms. The lowest BCUT2D eigenvalue weighted by molar-refractivity contribution is -0.175. The second-order valence-electron chi connectivity index (χ2n) is 5.52. The summed E-state index contributed by atoms with van der Waals surface area (Å²) in [6.45, 7) is 0. The summed E-state index contributed by atoms with van der Waals surface area (Å²) >= 11 is 0. The highest BCUT2D eigenvalue weighted by Gasteiger charge is 2.43. The Bertz CT molecular complexity index is 646. The van der Waals surface area contributed by atoms with E-state index in [2.05, 4.69) is 0 Å². The monoisotopic (exact) mass is 366 g/mol. The molecule has 0 fully saturated rings. The summed E-state index contributed by atoms with van der Waals surface area (Å²) in [7, 11) is 0. The van der Waals surface area contributed by atoms with E-state index >= 15 is 0 Å². The highest BCUT2D eigenvalue weighted by Crippen LogP contribution is 2.48. The molecule has 1 aliphatic rings. The Kier molecular flexibility index (Phi) is 6.64. The first-order valence-corrected chi connectivity index (χ1v) is 7.80. The molecule has 0 heterocycles. The van der Waals surface area contributed by atoms with Gasteiger partial charge in [0.05, 0.1) is 12.8 Å². The topological polar surface area (TPSA) is 151 Å². The molecule has 140 valence electrons. The van der Waals surface area contributed by atoms with E-state index < -0.39 is 36.0 Å². The van der Waals surface area contributed by atoms with E-state index in [1.807, 2.05) is 0 Å². The number of esters is 2. The Labute approximate surface area is 148 Å². The number of hydrogen-bond acceptors (Lipinski definition) is 8. The number of nitrogens with one attached hydrogen (secondary N) is 2. The molecule has 10 heteroatoms. The number of benzene rings is 1. The molecule has 0 radical (unpaired) electrons. The van der Waals surface area contributed by atoms with Gasteiger partial charge < -0.3 is 9.47 Å². The van der Waals surface area contributed by atoms with Crippen LogP contribution in [0.4, 0.5) is 0 Å². The molecular weight excluding hydrogens is 348 g/mol. The van der Waals surface area contributed by atoms with Gasteiger partial charge in [-0.15, -0.1) is 0 Å². The number of rotatable bonds is 8. The Balaban J connectivity index is 1.96. The first-order chi connectivity index (χ1) is 12.5. The standard InChI is InChI=1S/C16H18N2O8/c19-11(17-23)5-7-13(21)25-15-9-3-1-2-4-10(9)16(15)26-14(22)8-6-12(20)18-24/h1-4,15-16,23-24H,5-8H2,(H,17,19)(H,18,20)/t15-,16+. The van der Waals surface area contributed by atoms with Gasteiger partial charge in [0.1, 0.15) is 0 Å². The molecule has 4 N–H and O–H groups in total. The maximum atomic E-state index is 11.9. The van der Waals surface area contributed by atoms with Gasteiger partial charge in [-0.3, -0.25) is 29.6 Å². The fraction of sp³-hybridized carbons (Fsp3) is 0.375. The number of fused-ring (bicyclic) bond motifs is 1. The normalized spacial score (nSPS) is 17.3. The zero-order chi connectivity index (χ0) is 19.1. The van der Waals surface area contributed by atoms with E-state index in [0.717, 1.165) is 0 Å². The Morgan fingerprint density at radius 1 is 0.769 bits per heavy atom. The van der Waals surface area contributed by atoms with Crippen molar-refractivity contribution in [3.63, 3.8) is 0 Å². The van der Waals surface area contributed by atoms with E-state index in [-0.39, 0.29) is 25.7 Å². The minimum absolute atomic E-state index is 0.246. The summed E-state index contributed by atoms with van der Waals surface area (Å²) in [6.07, 6.45) is -2.61. The van der Waals surface area contributed by atoms with Crippen LogP contribution in [0, 0.1) is 0 Å². The van der Waals surface area contributed by atoms with Gasteiger partial charge in [-0.05, 0) is 0 Å². The number of carbonyl (C=O) groups excluding carboxylic acids is 4. The highest BCUT2D eigenvalue weighted by molar-refractivity contribution is 5.81. The van der Waals surface area contributed by atoms with Gasteiger partial charge in [0.25, 0.3) is 0 Å². The molecule has 0 saturated carbocycles. The molecule has 0 aliphatic heterocycles. The number of ether oxygens (including phenoxy) is 2. The summed E-state index contributed by atoms with van der Waals surface area (Å²) in [6, 6.07) is 6.92. The second-order valence-corrected chi connectivity index (χ2v) is 5.52. The summed E-state index contributed by atoms with van der Waals surface area (Å²) in [5, 5.41) is 16.8. The molecule has 0 saturated heterocycles. The van der Waals surface area contributed by atoms with Crippen LogP contribution >= 0.6 is 0 Å². The molecule has 1 aromatic rings. The fourth-order valence-corrected chi connectivity index (χ4v) is 2.45. The van der Waals surface area contributed by atoms with Crippen molar-refractivity contribution >= 4 is 23.8 Å². The van der Waals surface area contributed by atoms with Gasteiger partial charge in [0, 0.05) is 24.0 Å². The van der Waals surface area contributed by atoms with Crippen molar-refractivity contribution in [1.29, 1.82) is 0 Å². The van der Waals surface area contributed by atoms with Crippen LogP contribution in [0.1, 0.15) is 49.0 Å². The van der Waals surface area contributed by atoms with Gasteiger partial charge in [-0.1, -0.05) is 24.3 Å². The van der Waals surface area contributed by atoms with Gasteiger partial charge >= 0.3 is 11.9 Å². The van der Waals surface area contributed by atoms with Crippen LogP contribution in [-0.2, 0) is 28.7 Å². The van der Waals surface area contributed by atoms with Crippen molar-refractivity contribution in [1.82, 2.24) is 11.0 Å². The molecule has 2 amide bonds. The fourth-order valence-electron chi connectivity index (χ4n) is 2.45. The van der Waals surface area contributed by atoms with E-state index in [9.17, 15) is 19.2 Å². The van der Waals surface area contributed by atoms with Gasteiger partial charge in [0.2, 0.25) is 11.8 Å². The number of hydroxylamine groups is 2. The van der Waals surface area contributed by atoms with Crippen LogP contribution < -0.4 is 11.0 Å². The largest absolute Gasteiger partial charge is 0.453 e. The van der Waals surface area contributed by atoms with Gasteiger partial charge in [-0.2, -0.15) is 0 Å². The van der Waals surface area contributed by atoms with Crippen molar-refractivity contribution < 1.29 is 39.1 Å². The Morgan fingerprint density at radius 3 is 1.50 bits per heavy atom. The van der Waals surface area contributed by atoms with Crippen molar-refractivity contribution in [2.75, 3.05) is 0 Å². The third-order valence-electron chi connectivity index (χ3n) is 3.76. The Morgan fingerprint density at radius 2 is 1.15 bits per heavy atom. The lowest BCUT2D eigenvalue weighted by atomic mass is 9.82. The zero-order valence-electron chi connectivity index (χ0n) is 13.6. The summed E-state index contributed by atoms with van der Waals surface area (Å²) in [5.74, 6) is -2.81. The van der Waals surface area contributed by atoms with E-state index in [0.29, 0.717) is 11.1 Å². The third kappa shape index (κ3) is 4.77. The van der Waals surface area contributed by atoms with E-state index in [4.69, 9.17) is 19.9 Å². The average Bonchev–Trinajstić information content (AvgIpc) is 2.66. The molecule has 0 spiro atoms. The van der Waals surface area contributed by atoms with Gasteiger partial charge in [-0.25, -0.2) is 11.0 Å². The molecule has 0 aromatic heterocycles. The van der Waals surface area contributed by atoms with Gasteiger partial charge in [0.15, 0.2) is 12.2 Å². The minimum Gasteiger partial charge on any atom is -0.453 e. The van der Waals surface area contributed by atoms with Crippen molar-refractivity contribution in [2.24, 2.45) is 0 Å². The predicted octanol–water partition coefficient (Wildman–Crippen LogP) is 0.440. The molecule has 0 unspecified atom stereocenters. The molecular formula is C16H18N2O8. The number of amides is 2. The molecule has 10 nitrogen and oxygen atoms in total. The minimum atomic E-state index is -0.813. The summed E-state index contributed by atoms with van der Waals surface area (Å²) < 4.78 is 10.5. The zero-order valence-corrected chi connectivity index (χ0v) is 13.6. The average molecular weight is 366 g/mol. The SMILES string of the molecule is O=C(CCC(=O)O[C@@H]1c2ccccc2[C@@H]1OC(=O)CCC(=O)NO)NO. The Hall–Kier alpha value is -2.98. The van der Waals surface area contributed by atoms with Crippen LogP contribution in [0.25, 0.3) is 0 Å². The first kappa shape index (κ1) is 19.3. The van der Waals surface area contributed by atoms with Crippen molar-refractivity contribution in [2.45, 2.75) is 37.9 Å². The summed E-state index contributed by atoms with van der Waals surface area (Å²) in [4.78, 5) is 45.6. The van der Waals surface area contributed by atoms with Crippen LogP contribution in [0.15, 0.2) is 24.3 Å². The van der Waals surface area contributed by atoms with Crippen LogP contribution in [-0.4, -0.2) is 34.2 Å². The van der Waals surface area contributed by atoms with Crippen molar-refractivity contribution in [3.8, 4) is 0 Å². The third-order valence-corrected chi connectivity index (χ3v) is 3.76. The maximum Gasteiger partial charge on any atom is 0.307 e. The quantitative estimate of drug-likeness (QED) is 0.294. The lowest BCUT2D eigenvalue weighted by Gasteiger charge is -2.37. The maximum absolute atomic E-state index is 11.9. The lowest BCUT2D eigenvalue weighted by Crippen LogP contribution is -2.32. The number of carbonyl (C=O) groups is 4. The molecule has 2 atom stereocenters. The smallest absolute Gasteiger partial charge is 0.307 e. The number of hydrogen-bond donors (Lipinski definition) is 4.